The van der Waals surface area contributed by atoms with Gasteiger partial charge in [-0.15, -0.1) is 0 Å². The van der Waals surface area contributed by atoms with E-state index in [0.717, 1.165) is 38.5 Å². The topological polar surface area (TPSA) is 57.5 Å². The molecular formula is C25H42O3. The van der Waals surface area contributed by atoms with Gasteiger partial charge in [-0.1, -0.05) is 20.8 Å². The summed E-state index contributed by atoms with van der Waals surface area (Å²) in [5.41, 5.74) is 0.637. The fourth-order valence-electron chi connectivity index (χ4n) is 8.81. The molecule has 0 radical (unpaired) electrons. The number of aliphatic hydroxyl groups excluding tert-OH is 2. The zero-order chi connectivity index (χ0) is 20.3. The normalized spacial score (nSPS) is 51.7. The van der Waals surface area contributed by atoms with Crippen LogP contribution in [-0.2, 0) is 4.79 Å². The van der Waals surface area contributed by atoms with Crippen LogP contribution < -0.4 is 0 Å². The number of carbonyl (C=O) groups is 1. The lowest BCUT2D eigenvalue weighted by Gasteiger charge is -2.62. The molecule has 3 nitrogen and oxygen atoms in total. The number of aliphatic hydroxyl groups is 2. The standard InChI is InChI=1S/C25H42O3/c1-15(5-6-16(2)26)19-7-8-20-23-21(10-12-25(19,20)4)24(3)11-9-18(27)13-17(24)14-22(23)28/h15,17-23,27-28H,5-14H2,1-4H3/t15-,17+,18-,19-,20+,21+,22+,23+,24+,25-/m1/s1. The SMILES string of the molecule is CC(=O)CC[C@@H](C)[C@H]1CC[C@H]2[C@@H]3[C@@H](O)C[C@@H]4C[C@H](O)CC[C@]4(C)[C@H]3CC[C@]12C. The van der Waals surface area contributed by atoms with Crippen molar-refractivity contribution in [3.8, 4) is 0 Å². The summed E-state index contributed by atoms with van der Waals surface area (Å²) in [6.45, 7) is 9.08. The molecule has 4 aliphatic rings. The number of carbonyl (C=O) groups excluding carboxylic acids is 1. The second kappa shape index (κ2) is 7.38. The van der Waals surface area contributed by atoms with Crippen LogP contribution in [0.5, 0.6) is 0 Å². The van der Waals surface area contributed by atoms with Crippen LogP contribution in [0.1, 0.15) is 91.9 Å². The maximum atomic E-state index is 11.5. The Balaban J connectivity index is 1.55. The van der Waals surface area contributed by atoms with Crippen LogP contribution >= 0.6 is 0 Å². The largest absolute Gasteiger partial charge is 0.393 e. The molecule has 2 N–H and O–H groups in total. The first-order chi connectivity index (χ1) is 13.2. The zero-order valence-electron chi connectivity index (χ0n) is 18.5. The van der Waals surface area contributed by atoms with Gasteiger partial charge in [0.2, 0.25) is 0 Å². The Morgan fingerprint density at radius 3 is 2.39 bits per heavy atom. The molecule has 4 aliphatic carbocycles. The molecule has 0 aliphatic heterocycles. The molecule has 0 spiro atoms. The molecule has 10 atom stereocenters. The van der Waals surface area contributed by atoms with Gasteiger partial charge >= 0.3 is 0 Å². The van der Waals surface area contributed by atoms with Gasteiger partial charge in [-0.2, -0.15) is 0 Å². The summed E-state index contributed by atoms with van der Waals surface area (Å²) < 4.78 is 0. The van der Waals surface area contributed by atoms with E-state index in [4.69, 9.17) is 0 Å². The molecule has 0 amide bonds. The molecule has 28 heavy (non-hydrogen) atoms. The summed E-state index contributed by atoms with van der Waals surface area (Å²) in [7, 11) is 0. The molecule has 0 aromatic carbocycles. The van der Waals surface area contributed by atoms with Crippen LogP contribution in [0.3, 0.4) is 0 Å². The summed E-state index contributed by atoms with van der Waals surface area (Å²) in [4.78, 5) is 11.5. The number of Topliss-reactive ketones (excluding diaryl/α,β-unsaturated/α-hetero) is 1. The fraction of sp³-hybridized carbons (Fsp3) is 0.960. The lowest BCUT2D eigenvalue weighted by Crippen LogP contribution is -2.58. The Kier molecular flexibility index (Phi) is 5.49. The third-order valence-electron chi connectivity index (χ3n) is 10.4. The van der Waals surface area contributed by atoms with Gasteiger partial charge in [0.25, 0.3) is 0 Å². The highest BCUT2D eigenvalue weighted by atomic mass is 16.3. The third-order valence-corrected chi connectivity index (χ3v) is 10.4. The average Bonchev–Trinajstić information content (AvgIpc) is 2.98. The minimum atomic E-state index is -0.190. The van der Waals surface area contributed by atoms with Crippen molar-refractivity contribution in [2.75, 3.05) is 0 Å². The molecule has 0 aromatic heterocycles. The smallest absolute Gasteiger partial charge is 0.129 e. The molecule has 4 rings (SSSR count). The van der Waals surface area contributed by atoms with Crippen molar-refractivity contribution in [3.05, 3.63) is 0 Å². The Labute approximate surface area is 171 Å². The van der Waals surface area contributed by atoms with E-state index in [0.29, 0.717) is 52.1 Å². The third kappa shape index (κ3) is 3.20. The highest BCUT2D eigenvalue weighted by Crippen LogP contribution is 2.68. The van der Waals surface area contributed by atoms with Gasteiger partial charge in [-0.25, -0.2) is 0 Å². The maximum Gasteiger partial charge on any atom is 0.129 e. The van der Waals surface area contributed by atoms with Crippen LogP contribution in [0.2, 0.25) is 0 Å². The Bertz CT molecular complexity index is 603. The first-order valence-corrected chi connectivity index (χ1v) is 12.0. The average molecular weight is 391 g/mol. The van der Waals surface area contributed by atoms with Crippen LogP contribution in [0.25, 0.3) is 0 Å². The number of fused-ring (bicyclic) bond motifs is 5. The maximum absolute atomic E-state index is 11.5. The minimum absolute atomic E-state index is 0.159. The van der Waals surface area contributed by atoms with Gasteiger partial charge in [0, 0.05) is 6.42 Å². The molecule has 3 heteroatoms. The fourth-order valence-corrected chi connectivity index (χ4v) is 8.81. The highest BCUT2D eigenvalue weighted by molar-refractivity contribution is 5.75. The molecule has 0 heterocycles. The molecular weight excluding hydrogens is 348 g/mol. The van der Waals surface area contributed by atoms with Gasteiger partial charge < -0.3 is 15.0 Å². The molecule has 0 aromatic rings. The van der Waals surface area contributed by atoms with Crippen molar-refractivity contribution < 1.29 is 15.0 Å². The van der Waals surface area contributed by atoms with Gasteiger partial charge in [0.1, 0.15) is 5.78 Å². The van der Waals surface area contributed by atoms with Crippen molar-refractivity contribution in [2.45, 2.75) is 104 Å². The summed E-state index contributed by atoms with van der Waals surface area (Å²) in [6, 6.07) is 0. The second-order valence-corrected chi connectivity index (χ2v) is 11.7. The summed E-state index contributed by atoms with van der Waals surface area (Å²) >= 11 is 0. The summed E-state index contributed by atoms with van der Waals surface area (Å²) in [5, 5.41) is 21.5. The van der Waals surface area contributed by atoms with E-state index >= 15 is 0 Å². The lowest BCUT2D eigenvalue weighted by atomic mass is 9.43. The Hall–Kier alpha value is -0.410. The van der Waals surface area contributed by atoms with E-state index < -0.39 is 0 Å². The monoisotopic (exact) mass is 390 g/mol. The number of hydrogen-bond acceptors (Lipinski definition) is 3. The first kappa shape index (κ1) is 20.8. The molecule has 0 bridgehead atoms. The Morgan fingerprint density at radius 2 is 1.68 bits per heavy atom. The van der Waals surface area contributed by atoms with E-state index in [1.165, 1.54) is 25.7 Å². The van der Waals surface area contributed by atoms with Gasteiger partial charge in [0.15, 0.2) is 0 Å². The summed E-state index contributed by atoms with van der Waals surface area (Å²) in [5.74, 6) is 3.81. The van der Waals surface area contributed by atoms with E-state index in [9.17, 15) is 15.0 Å². The predicted octanol–water partition coefficient (Wildman–Crippen LogP) is 4.98. The minimum Gasteiger partial charge on any atom is -0.393 e. The van der Waals surface area contributed by atoms with Crippen molar-refractivity contribution in [1.29, 1.82) is 0 Å². The summed E-state index contributed by atoms with van der Waals surface area (Å²) in [6.07, 6.45) is 10.3. The van der Waals surface area contributed by atoms with E-state index in [2.05, 4.69) is 20.8 Å². The number of rotatable bonds is 4. The molecule has 0 unspecified atom stereocenters. The first-order valence-electron chi connectivity index (χ1n) is 12.0. The van der Waals surface area contributed by atoms with Crippen LogP contribution in [0, 0.1) is 46.3 Å². The van der Waals surface area contributed by atoms with E-state index in [1.54, 1.807) is 6.92 Å². The second-order valence-electron chi connectivity index (χ2n) is 11.7. The van der Waals surface area contributed by atoms with Crippen molar-refractivity contribution >= 4 is 5.78 Å². The van der Waals surface area contributed by atoms with Gasteiger partial charge in [0.05, 0.1) is 12.2 Å². The quantitative estimate of drug-likeness (QED) is 0.711. The van der Waals surface area contributed by atoms with Crippen LogP contribution in [0.4, 0.5) is 0 Å². The molecule has 4 saturated carbocycles. The van der Waals surface area contributed by atoms with Crippen LogP contribution in [0.15, 0.2) is 0 Å². The van der Waals surface area contributed by atoms with Gasteiger partial charge in [-0.3, -0.25) is 0 Å². The van der Waals surface area contributed by atoms with Crippen molar-refractivity contribution in [1.82, 2.24) is 0 Å². The van der Waals surface area contributed by atoms with Crippen molar-refractivity contribution in [3.63, 3.8) is 0 Å². The molecule has 0 saturated heterocycles. The molecule has 4 fully saturated rings. The predicted molar refractivity (Wildman–Crippen MR) is 112 cm³/mol. The molecule has 160 valence electrons. The number of ketones is 1. The lowest BCUT2D eigenvalue weighted by molar-refractivity contribution is -0.174. The van der Waals surface area contributed by atoms with E-state index in [1.807, 2.05) is 0 Å². The van der Waals surface area contributed by atoms with Gasteiger partial charge in [-0.05, 0) is 111 Å². The van der Waals surface area contributed by atoms with Crippen molar-refractivity contribution in [2.24, 2.45) is 46.3 Å². The number of hydrogen-bond donors (Lipinski definition) is 2. The van der Waals surface area contributed by atoms with Crippen LogP contribution in [-0.4, -0.2) is 28.2 Å². The van der Waals surface area contributed by atoms with E-state index in [-0.39, 0.29) is 12.2 Å². The Morgan fingerprint density at radius 1 is 1.00 bits per heavy atom. The zero-order valence-corrected chi connectivity index (χ0v) is 18.5. The highest BCUT2D eigenvalue weighted by Gasteiger charge is 2.62.